The number of aromatic nitrogens is 2. The second kappa shape index (κ2) is 7.04. The van der Waals surface area contributed by atoms with Gasteiger partial charge in [-0.1, -0.05) is 12.7 Å². The lowest BCUT2D eigenvalue weighted by atomic mass is 10.6. The van der Waals surface area contributed by atoms with Crippen molar-refractivity contribution in [3.8, 4) is 0 Å². The standard InChI is InChI=1S/C7H11N2.C2H3F3NO4S2/c1-3-4-9-6-5-8(2)7-9;1-11(7,8)6-12(9,10)2(3,4)5/h3,5-7H,1,4H2,2H3;1H3/q+1;-1. The van der Waals surface area contributed by atoms with E-state index in [4.69, 9.17) is 0 Å². The van der Waals surface area contributed by atoms with Gasteiger partial charge in [-0.15, -0.1) is 0 Å². The Morgan fingerprint density at radius 1 is 1.33 bits per heavy atom. The SMILES string of the molecule is C=CCn1cc[n+](C)c1.CS(=O)(=O)[N-]S(=O)(=O)C(F)(F)F. The summed E-state index contributed by atoms with van der Waals surface area (Å²) in [5, 5.41) is 0. The van der Waals surface area contributed by atoms with E-state index in [-0.39, 0.29) is 6.26 Å². The van der Waals surface area contributed by atoms with Crippen LogP contribution in [0.5, 0.6) is 0 Å². The highest BCUT2D eigenvalue weighted by Crippen LogP contribution is 2.29. The Kier molecular flexibility index (Phi) is 6.57. The quantitative estimate of drug-likeness (QED) is 0.590. The van der Waals surface area contributed by atoms with Crippen LogP contribution in [0.15, 0.2) is 31.4 Å². The molecule has 21 heavy (non-hydrogen) atoms. The minimum atomic E-state index is -5.92. The normalized spacial score (nSPS) is 12.4. The van der Waals surface area contributed by atoms with Gasteiger partial charge in [0.15, 0.2) is 10.0 Å². The summed E-state index contributed by atoms with van der Waals surface area (Å²) in [6, 6.07) is 0. The van der Waals surface area contributed by atoms with Crippen molar-refractivity contribution in [1.29, 1.82) is 0 Å². The van der Waals surface area contributed by atoms with Crippen molar-refractivity contribution in [3.05, 3.63) is 35.5 Å². The summed E-state index contributed by atoms with van der Waals surface area (Å²) < 4.78 is 80.0. The number of hydrogen-bond acceptors (Lipinski definition) is 4. The van der Waals surface area contributed by atoms with Crippen molar-refractivity contribution < 1.29 is 34.6 Å². The molecule has 0 amide bonds. The third-order valence-electron chi connectivity index (χ3n) is 1.69. The van der Waals surface area contributed by atoms with Crippen LogP contribution in [0.2, 0.25) is 0 Å². The van der Waals surface area contributed by atoms with Gasteiger partial charge < -0.3 is 4.13 Å². The monoisotopic (exact) mass is 349 g/mol. The molecule has 1 heterocycles. The number of rotatable bonds is 4. The third kappa shape index (κ3) is 7.82. The lowest BCUT2D eigenvalue weighted by Gasteiger charge is -2.19. The second-order valence-corrected chi connectivity index (χ2v) is 7.27. The molecule has 0 spiro atoms. The summed E-state index contributed by atoms with van der Waals surface area (Å²) in [4.78, 5) is 0. The van der Waals surface area contributed by atoms with Crippen LogP contribution in [-0.2, 0) is 33.6 Å². The van der Waals surface area contributed by atoms with Gasteiger partial charge in [0, 0.05) is 6.26 Å². The molecule has 122 valence electrons. The van der Waals surface area contributed by atoms with Crippen molar-refractivity contribution in [2.45, 2.75) is 12.1 Å². The van der Waals surface area contributed by atoms with Gasteiger partial charge in [-0.3, -0.25) is 0 Å². The molecule has 0 aliphatic heterocycles. The fourth-order valence-corrected chi connectivity index (χ4v) is 2.74. The Morgan fingerprint density at radius 2 is 1.86 bits per heavy atom. The van der Waals surface area contributed by atoms with Gasteiger partial charge in [0.1, 0.15) is 18.9 Å². The molecular formula is C9H14F3N3O4S2. The van der Waals surface area contributed by atoms with Gasteiger partial charge in [0.2, 0.25) is 6.33 Å². The van der Waals surface area contributed by atoms with Crippen LogP contribution in [0.4, 0.5) is 13.2 Å². The Hall–Kier alpha value is -1.40. The van der Waals surface area contributed by atoms with Crippen molar-refractivity contribution in [2.75, 3.05) is 6.26 Å². The number of aryl methyl sites for hydroxylation is 1. The maximum Gasteiger partial charge on any atom is 0.480 e. The first-order chi connectivity index (χ1) is 9.28. The molecule has 0 aliphatic rings. The topological polar surface area (TPSA) is 91.2 Å². The molecule has 1 aromatic rings. The number of halogens is 3. The van der Waals surface area contributed by atoms with Crippen molar-refractivity contribution in [2.24, 2.45) is 7.05 Å². The highest BCUT2D eigenvalue weighted by atomic mass is 32.3. The number of hydrogen-bond donors (Lipinski definition) is 0. The van der Waals surface area contributed by atoms with Crippen molar-refractivity contribution in [1.82, 2.24) is 4.57 Å². The molecular weight excluding hydrogens is 335 g/mol. The largest absolute Gasteiger partial charge is 0.480 e. The zero-order valence-corrected chi connectivity index (χ0v) is 12.8. The minimum absolute atomic E-state index is 0.246. The van der Waals surface area contributed by atoms with Crippen molar-refractivity contribution in [3.63, 3.8) is 0 Å². The molecule has 0 aliphatic carbocycles. The summed E-state index contributed by atoms with van der Waals surface area (Å²) in [5.74, 6) is 0. The first kappa shape index (κ1) is 19.6. The van der Waals surface area contributed by atoms with Crippen LogP contribution < -0.4 is 4.57 Å². The van der Waals surface area contributed by atoms with E-state index in [1.54, 1.807) is 4.13 Å². The molecule has 0 fully saturated rings. The fraction of sp³-hybridized carbons (Fsp3) is 0.444. The Labute approximate surface area is 120 Å². The van der Waals surface area contributed by atoms with Gasteiger partial charge >= 0.3 is 5.51 Å². The van der Waals surface area contributed by atoms with Crippen molar-refractivity contribution >= 4 is 20.0 Å². The maximum atomic E-state index is 11.4. The maximum absolute atomic E-state index is 11.4. The zero-order chi connectivity index (χ0) is 16.9. The van der Waals surface area contributed by atoms with E-state index in [1.807, 2.05) is 36.4 Å². The van der Waals surface area contributed by atoms with E-state index in [1.165, 1.54) is 0 Å². The minimum Gasteiger partial charge on any atom is -0.429 e. The molecule has 7 nitrogen and oxygen atoms in total. The van der Waals surface area contributed by atoms with E-state index in [0.29, 0.717) is 0 Å². The summed E-state index contributed by atoms with van der Waals surface area (Å²) >= 11 is 0. The summed E-state index contributed by atoms with van der Waals surface area (Å²) in [5.41, 5.74) is -5.67. The van der Waals surface area contributed by atoms with Crippen LogP contribution in [-0.4, -0.2) is 33.2 Å². The predicted octanol–water partition coefficient (Wildman–Crippen LogP) is 0.668. The first-order valence-corrected chi connectivity index (χ1v) is 8.45. The average Bonchev–Trinajstić information content (AvgIpc) is 2.60. The van der Waals surface area contributed by atoms with Crippen LogP contribution in [0.1, 0.15) is 0 Å². The molecule has 12 heteroatoms. The van der Waals surface area contributed by atoms with Gasteiger partial charge in [-0.2, -0.15) is 13.2 Å². The molecule has 0 aromatic carbocycles. The predicted molar refractivity (Wildman–Crippen MR) is 69.0 cm³/mol. The molecule has 0 saturated carbocycles. The number of alkyl halides is 3. The van der Waals surface area contributed by atoms with Crippen LogP contribution in [0.3, 0.4) is 0 Å². The van der Waals surface area contributed by atoms with Gasteiger partial charge in [-0.25, -0.2) is 26.0 Å². The smallest absolute Gasteiger partial charge is 0.429 e. The highest BCUT2D eigenvalue weighted by molar-refractivity contribution is 8.12. The van der Waals surface area contributed by atoms with Gasteiger partial charge in [0.05, 0.1) is 17.1 Å². The van der Waals surface area contributed by atoms with Crippen LogP contribution >= 0.6 is 0 Å². The average molecular weight is 349 g/mol. The zero-order valence-electron chi connectivity index (χ0n) is 11.1. The highest BCUT2D eigenvalue weighted by Gasteiger charge is 2.39. The van der Waals surface area contributed by atoms with E-state index in [9.17, 15) is 30.0 Å². The van der Waals surface area contributed by atoms with Crippen LogP contribution in [0, 0.1) is 0 Å². The molecule has 0 radical (unpaired) electrons. The number of sulfonamides is 2. The number of imidazole rings is 1. The van der Waals surface area contributed by atoms with Crippen LogP contribution in [0.25, 0.3) is 4.13 Å². The lowest BCUT2D eigenvalue weighted by Crippen LogP contribution is -2.23. The summed E-state index contributed by atoms with van der Waals surface area (Å²) in [6.07, 6.45) is 8.16. The Morgan fingerprint density at radius 3 is 2.10 bits per heavy atom. The summed E-state index contributed by atoms with van der Waals surface area (Å²) in [7, 11) is -8.47. The number of allylic oxidation sites excluding steroid dienone is 1. The number of nitrogens with zero attached hydrogens (tertiary/aromatic N) is 3. The van der Waals surface area contributed by atoms with Gasteiger partial charge in [0.25, 0.3) is 0 Å². The van der Waals surface area contributed by atoms with E-state index in [2.05, 4.69) is 11.1 Å². The molecule has 1 rings (SSSR count). The molecule has 0 bridgehead atoms. The molecule has 0 N–H and O–H groups in total. The Balaban J connectivity index is 0.000000394. The first-order valence-electron chi connectivity index (χ1n) is 5.16. The molecule has 0 saturated heterocycles. The molecule has 0 unspecified atom stereocenters. The lowest BCUT2D eigenvalue weighted by molar-refractivity contribution is -0.671. The van der Waals surface area contributed by atoms with Gasteiger partial charge in [-0.05, 0) is 0 Å². The fourth-order valence-electron chi connectivity index (χ4n) is 0.979. The van der Waals surface area contributed by atoms with E-state index >= 15 is 0 Å². The van der Waals surface area contributed by atoms with E-state index < -0.39 is 25.6 Å². The second-order valence-electron chi connectivity index (χ2n) is 3.79. The van der Waals surface area contributed by atoms with E-state index in [0.717, 1.165) is 6.54 Å². The Bertz CT molecular complexity index is 677. The third-order valence-corrected chi connectivity index (χ3v) is 4.14. The summed E-state index contributed by atoms with van der Waals surface area (Å²) in [6.45, 7) is 4.52. The molecule has 0 atom stereocenters. The molecule has 1 aromatic heterocycles.